The predicted octanol–water partition coefficient (Wildman–Crippen LogP) is 18.2. The molecule has 0 N–H and O–H groups in total. The van der Waals surface area contributed by atoms with E-state index >= 15 is 0 Å². The smallest absolute Gasteiger partial charge is 0.298 e. The second kappa shape index (κ2) is 34.4. The lowest BCUT2D eigenvalue weighted by Crippen LogP contribution is -2.39. The SMILES string of the molecule is CN(Cc1ccccc1)Cc1c(-c2ccc([N+](=O)[O-])cc2)sc2c1c(=O)n(-c1ccccc1)c(=O)n2Cc1c(F)cccc1F.Cc1c(-c2ccc([N+](=O)[O-])cc2)sc2c1c(=O)n(-c1ccccc1)c(=O)n2Cc1c(F)cccc1F.O=c1c2c(CBr)c(-c3ccc([N+](=O)[O-])cc3)sc2n(Cc2c(F)cccc2F)c(=O)n1-c1ccccc1. The number of hydrogen-bond acceptors (Lipinski definition) is 16. The number of thiophene rings is 3. The maximum atomic E-state index is 14.9. The van der Waals surface area contributed by atoms with Crippen molar-refractivity contribution in [3.05, 3.63) is 415 Å². The van der Waals surface area contributed by atoms with E-state index in [9.17, 15) is 85.5 Å². The lowest BCUT2D eigenvalue weighted by Gasteiger charge is -2.18. The molecule has 0 aliphatic heterocycles. The van der Waals surface area contributed by atoms with Gasteiger partial charge < -0.3 is 0 Å². The van der Waals surface area contributed by atoms with Crippen LogP contribution in [0.2, 0.25) is 0 Å². The summed E-state index contributed by atoms with van der Waals surface area (Å²) in [6.07, 6.45) is 0. The van der Waals surface area contributed by atoms with E-state index in [0.29, 0.717) is 71.6 Å². The van der Waals surface area contributed by atoms with E-state index in [1.54, 1.807) is 134 Å². The van der Waals surface area contributed by atoms with Gasteiger partial charge >= 0.3 is 17.1 Å². The van der Waals surface area contributed by atoms with Crippen LogP contribution in [0.15, 0.2) is 277 Å². The molecule has 6 aromatic heterocycles. The van der Waals surface area contributed by atoms with Gasteiger partial charge in [-0.15, -0.1) is 34.0 Å². The summed E-state index contributed by atoms with van der Waals surface area (Å²) < 4.78 is 94.8. The Morgan fingerprint density at radius 2 is 0.627 bits per heavy atom. The van der Waals surface area contributed by atoms with Crippen molar-refractivity contribution in [1.29, 1.82) is 0 Å². The number of hydrogen-bond donors (Lipinski definition) is 0. The molecule has 0 aliphatic carbocycles. The van der Waals surface area contributed by atoms with Crippen LogP contribution in [0.4, 0.5) is 43.4 Å². The van der Waals surface area contributed by atoms with Gasteiger partial charge in [-0.2, -0.15) is 0 Å². The fourth-order valence-corrected chi connectivity index (χ4v) is 18.3. The van der Waals surface area contributed by atoms with Crippen LogP contribution in [0.25, 0.3) is 79.0 Å². The molecule has 0 saturated carbocycles. The highest BCUT2D eigenvalue weighted by atomic mass is 79.9. The Bertz CT molecular complexity index is 6950. The molecule has 0 saturated heterocycles. The summed E-state index contributed by atoms with van der Waals surface area (Å²) in [5.41, 5.74) is 0.374. The van der Waals surface area contributed by atoms with Gasteiger partial charge in [-0.1, -0.05) is 119 Å². The molecule has 0 atom stereocenters. The molecule has 6 heterocycles. The maximum absolute atomic E-state index is 14.9. The number of nitro benzene ring substituents is 3. The minimum absolute atomic E-state index is 0.0871. The zero-order valence-corrected chi connectivity index (χ0v) is 65.7. The van der Waals surface area contributed by atoms with E-state index in [4.69, 9.17) is 0 Å². The van der Waals surface area contributed by atoms with Gasteiger partial charge in [-0.25, -0.2) is 54.4 Å². The summed E-state index contributed by atoms with van der Waals surface area (Å²) >= 11 is 6.80. The molecule has 16 aromatic rings. The summed E-state index contributed by atoms with van der Waals surface area (Å²) in [5.74, 6) is -4.88. The Morgan fingerprint density at radius 3 is 0.949 bits per heavy atom. The lowest BCUT2D eigenvalue weighted by molar-refractivity contribution is -0.385. The summed E-state index contributed by atoms with van der Waals surface area (Å²) in [4.78, 5) is 120. The number of aryl methyl sites for hydroxylation is 1. The number of benzene rings is 10. The second-order valence-electron chi connectivity index (χ2n) is 26.8. The Balaban J connectivity index is 0.000000147. The summed E-state index contributed by atoms with van der Waals surface area (Å²) in [7, 11) is 1.90. The van der Waals surface area contributed by atoms with Gasteiger partial charge in [0.15, 0.2) is 0 Å². The molecule has 32 heteroatoms. The van der Waals surface area contributed by atoms with E-state index < -0.39 is 103 Å². The fourth-order valence-electron chi connectivity index (χ4n) is 13.7. The molecular weight excluding hydrogens is 1660 g/mol. The van der Waals surface area contributed by atoms with Crippen LogP contribution < -0.4 is 33.7 Å². The molecule has 0 fully saturated rings. The van der Waals surface area contributed by atoms with E-state index in [1.165, 1.54) is 68.3 Å². The number of fused-ring (bicyclic) bond motifs is 3. The summed E-state index contributed by atoms with van der Waals surface area (Å²) in [6.45, 7) is 1.21. The Kier molecular flexibility index (Phi) is 23.6. The Hall–Kier alpha value is -13.7. The first kappa shape index (κ1) is 80.9. The summed E-state index contributed by atoms with van der Waals surface area (Å²) in [5, 5.41) is 34.4. The van der Waals surface area contributed by atoms with Crippen LogP contribution in [0.3, 0.4) is 0 Å². The molecule has 0 unspecified atom stereocenters. The first-order chi connectivity index (χ1) is 56.8. The van der Waals surface area contributed by atoms with Crippen molar-refractivity contribution in [1.82, 2.24) is 32.3 Å². The van der Waals surface area contributed by atoms with Gasteiger partial charge in [-0.05, 0) is 162 Å². The highest BCUT2D eigenvalue weighted by Gasteiger charge is 2.30. The minimum Gasteiger partial charge on any atom is -0.298 e. The van der Waals surface area contributed by atoms with Crippen molar-refractivity contribution in [2.75, 3.05) is 7.05 Å². The maximum Gasteiger partial charge on any atom is 0.337 e. The Labute approximate surface area is 682 Å². The molecule has 0 aliphatic rings. The van der Waals surface area contributed by atoms with E-state index in [2.05, 4.69) is 15.9 Å². The highest BCUT2D eigenvalue weighted by Crippen LogP contribution is 2.42. The van der Waals surface area contributed by atoms with Crippen molar-refractivity contribution < 1.29 is 41.1 Å². The van der Waals surface area contributed by atoms with Gasteiger partial charge in [0, 0.05) is 86.1 Å². The largest absolute Gasteiger partial charge is 0.337 e. The van der Waals surface area contributed by atoms with Crippen LogP contribution in [0.1, 0.15) is 38.9 Å². The monoisotopic (exact) mass is 1710 g/mol. The van der Waals surface area contributed by atoms with Crippen molar-refractivity contribution >= 4 is 97.7 Å². The average Bonchev–Trinajstić information content (AvgIpc) is 1.56. The molecular formula is C86H59BrF6N10O12S3. The molecule has 118 heavy (non-hydrogen) atoms. The third-order valence-corrected chi connectivity index (χ3v) is 23.9. The molecule has 10 aromatic carbocycles. The molecule has 0 amide bonds. The summed E-state index contributed by atoms with van der Waals surface area (Å²) in [6, 6.07) is 62.7. The quantitative estimate of drug-likeness (QED) is 0.0298. The standard InChI is InChI=1S/C34H26F2N4O4S.C26H16BrF2N3O4S.C26H17F2N3O4S/c1-37(19-22-9-4-2-5-10-22)20-27-30-32(41)39(24-11-6-3-7-12-24)34(42)38(21-26-28(35)13-8-14-29(26)36)33(30)45-31(27)23-15-17-25(18-16-23)40(43)44;27-13-18-22-24(33)31(16-5-2-1-3-6-16)26(34)30(14-19-20(28)7-4-8-21(19)29)25(22)37-23(18)15-9-11-17(12-10-15)32(35)36;1-15-22-24(32)30(17-6-3-2-4-7-17)26(33)29(14-19-20(27)8-5-9-21(19)28)25(22)36-23(15)16-10-12-18(13-11-16)31(34)35/h2-18H,19-21H2,1H3;1-12H,13-14H2;2-13H,14H2,1H3. The van der Waals surface area contributed by atoms with E-state index in [1.807, 2.05) is 42.3 Å². The van der Waals surface area contributed by atoms with Crippen molar-refractivity contribution in [3.63, 3.8) is 0 Å². The number of alkyl halides is 1. The molecule has 16 rings (SSSR count). The van der Waals surface area contributed by atoms with Crippen molar-refractivity contribution in [3.8, 4) is 48.4 Å². The van der Waals surface area contributed by atoms with Gasteiger partial charge in [-0.3, -0.25) is 63.3 Å². The minimum atomic E-state index is -0.817. The zero-order chi connectivity index (χ0) is 83.5. The van der Waals surface area contributed by atoms with Crippen molar-refractivity contribution in [2.24, 2.45) is 0 Å². The third-order valence-electron chi connectivity index (χ3n) is 19.4. The Morgan fingerprint density at radius 1 is 0.347 bits per heavy atom. The highest BCUT2D eigenvalue weighted by molar-refractivity contribution is 9.08. The number of aromatic nitrogens is 6. The van der Waals surface area contributed by atoms with Crippen molar-refractivity contribution in [2.45, 2.75) is 45.0 Å². The van der Waals surface area contributed by atoms with Gasteiger partial charge in [0.25, 0.3) is 33.7 Å². The lowest BCUT2D eigenvalue weighted by atomic mass is 10.1. The number of nitrogens with zero attached hydrogens (tertiary/aromatic N) is 10. The van der Waals surface area contributed by atoms with Crippen LogP contribution in [-0.4, -0.2) is 54.1 Å². The van der Waals surface area contributed by atoms with Crippen LogP contribution >= 0.6 is 49.9 Å². The van der Waals surface area contributed by atoms with E-state index in [0.717, 1.165) is 89.7 Å². The molecule has 0 bridgehead atoms. The molecule has 0 spiro atoms. The molecule has 592 valence electrons. The molecule has 22 nitrogen and oxygen atoms in total. The fraction of sp³-hybridized carbons (Fsp3) is 0.0930. The van der Waals surface area contributed by atoms with Gasteiger partial charge in [0.05, 0.1) is 67.6 Å². The first-order valence-electron chi connectivity index (χ1n) is 35.7. The number of nitro groups is 3. The van der Waals surface area contributed by atoms with Gasteiger partial charge in [0.2, 0.25) is 0 Å². The molecule has 0 radical (unpaired) electrons. The van der Waals surface area contributed by atoms with Crippen LogP contribution in [-0.2, 0) is 38.1 Å². The normalized spacial score (nSPS) is 11.3. The predicted molar refractivity (Wildman–Crippen MR) is 447 cm³/mol. The van der Waals surface area contributed by atoms with Crippen LogP contribution in [0, 0.1) is 72.2 Å². The van der Waals surface area contributed by atoms with Crippen LogP contribution in [0.5, 0.6) is 0 Å². The second-order valence-corrected chi connectivity index (χ2v) is 30.3. The number of para-hydroxylation sites is 3. The number of rotatable bonds is 20. The zero-order valence-electron chi connectivity index (χ0n) is 61.7. The van der Waals surface area contributed by atoms with Gasteiger partial charge in [0.1, 0.15) is 49.4 Å². The topological polar surface area (TPSA) is 265 Å². The third kappa shape index (κ3) is 16.0. The first-order valence-corrected chi connectivity index (χ1v) is 39.3. The average molecular weight is 1710 g/mol. The van der Waals surface area contributed by atoms with E-state index in [-0.39, 0.29) is 76.3 Å². The number of non-ortho nitro benzene ring substituents is 3. The number of halogens is 7.